The molecule has 39 heavy (non-hydrogen) atoms. The maximum absolute atomic E-state index is 13.1. The molecule has 3 aromatic heterocycles. The third-order valence-electron chi connectivity index (χ3n) is 6.57. The van der Waals surface area contributed by atoms with Gasteiger partial charge < -0.3 is 9.15 Å². The van der Waals surface area contributed by atoms with Gasteiger partial charge in [0.05, 0.1) is 29.6 Å². The van der Waals surface area contributed by atoms with Crippen LogP contribution in [0.3, 0.4) is 0 Å². The Balaban J connectivity index is 1.50. The molecule has 0 fully saturated rings. The van der Waals surface area contributed by atoms with Crippen molar-refractivity contribution in [3.05, 3.63) is 101 Å². The first-order chi connectivity index (χ1) is 18.6. The molecule has 0 aliphatic carbocycles. The zero-order valence-electron chi connectivity index (χ0n) is 21.7. The highest BCUT2D eigenvalue weighted by Crippen LogP contribution is 2.43. The summed E-state index contributed by atoms with van der Waals surface area (Å²) >= 11 is 0. The molecule has 5 aromatic rings. The van der Waals surface area contributed by atoms with E-state index in [1.165, 1.54) is 10.9 Å². The van der Waals surface area contributed by atoms with Crippen LogP contribution < -0.4 is 4.74 Å². The normalized spacial score (nSPS) is 12.6. The zero-order valence-corrected chi connectivity index (χ0v) is 21.7. The van der Waals surface area contributed by atoms with Gasteiger partial charge in [-0.15, -0.1) is 0 Å². The number of hydrogen-bond acceptors (Lipinski definition) is 4. The predicted octanol–water partition coefficient (Wildman–Crippen LogP) is 8.82. The van der Waals surface area contributed by atoms with Crippen LogP contribution in [0.2, 0.25) is 0 Å². The van der Waals surface area contributed by atoms with Crippen LogP contribution in [0.1, 0.15) is 55.3 Å². The average Bonchev–Trinajstić information content (AvgIpc) is 3.56. The first-order valence-corrected chi connectivity index (χ1v) is 12.4. The monoisotopic (exact) mass is 530 g/mol. The summed E-state index contributed by atoms with van der Waals surface area (Å²) in [6.45, 7) is 15.4. The Labute approximate surface area is 223 Å². The number of benzene rings is 2. The number of halogens is 3. The number of hydrogen-bond donors (Lipinski definition) is 0. The molecule has 0 bridgehead atoms. The Bertz CT molecular complexity index is 1690. The van der Waals surface area contributed by atoms with Gasteiger partial charge >= 0.3 is 6.18 Å². The van der Waals surface area contributed by atoms with Crippen molar-refractivity contribution < 1.29 is 22.3 Å². The van der Waals surface area contributed by atoms with E-state index in [0.717, 1.165) is 22.8 Å². The van der Waals surface area contributed by atoms with E-state index in [4.69, 9.17) is 20.7 Å². The summed E-state index contributed by atoms with van der Waals surface area (Å²) in [6, 6.07) is 17.5. The van der Waals surface area contributed by atoms with Crippen LogP contribution in [0, 0.1) is 13.5 Å². The van der Waals surface area contributed by atoms with Gasteiger partial charge in [0.15, 0.2) is 5.69 Å². The van der Waals surface area contributed by atoms with E-state index in [9.17, 15) is 13.2 Å². The van der Waals surface area contributed by atoms with Gasteiger partial charge in [0.2, 0.25) is 5.88 Å². The molecule has 0 N–H and O–H groups in total. The van der Waals surface area contributed by atoms with Crippen molar-refractivity contribution in [3.8, 4) is 22.8 Å². The van der Waals surface area contributed by atoms with Crippen LogP contribution in [0.5, 0.6) is 5.88 Å². The quantitative estimate of drug-likeness (QED) is 0.206. The lowest BCUT2D eigenvalue weighted by molar-refractivity contribution is -0.141. The lowest BCUT2D eigenvalue weighted by Crippen LogP contribution is -2.08. The number of aromatic nitrogens is 3. The lowest BCUT2D eigenvalue weighted by atomic mass is 9.94. The number of nitrogens with zero attached hydrogens (tertiary/aromatic N) is 4. The topological polar surface area (TPSA) is 57.4 Å². The van der Waals surface area contributed by atoms with Crippen molar-refractivity contribution in [1.29, 1.82) is 0 Å². The van der Waals surface area contributed by atoms with E-state index >= 15 is 0 Å². The highest BCUT2D eigenvalue weighted by atomic mass is 19.4. The van der Waals surface area contributed by atoms with Crippen LogP contribution in [0.15, 0.2) is 71.3 Å². The molecule has 0 aliphatic heterocycles. The fourth-order valence-electron chi connectivity index (χ4n) is 4.58. The first kappa shape index (κ1) is 26.0. The van der Waals surface area contributed by atoms with Gasteiger partial charge in [0.1, 0.15) is 11.7 Å². The van der Waals surface area contributed by atoms with Crippen molar-refractivity contribution in [2.24, 2.45) is 0 Å². The Morgan fingerprint density at radius 2 is 1.74 bits per heavy atom. The molecule has 0 radical (unpaired) electrons. The van der Waals surface area contributed by atoms with Crippen molar-refractivity contribution in [3.63, 3.8) is 0 Å². The molecular weight excluding hydrogens is 505 g/mol. The van der Waals surface area contributed by atoms with Gasteiger partial charge in [-0.05, 0) is 60.7 Å². The largest absolute Gasteiger partial charge is 0.475 e. The number of rotatable bonds is 6. The van der Waals surface area contributed by atoms with Gasteiger partial charge in [-0.1, -0.05) is 50.2 Å². The number of fused-ring (bicyclic) bond motifs is 1. The number of aryl methyl sites for hydroxylation is 1. The van der Waals surface area contributed by atoms with E-state index in [1.54, 1.807) is 37.3 Å². The number of alkyl halides is 3. The van der Waals surface area contributed by atoms with Crippen molar-refractivity contribution in [2.45, 2.75) is 45.9 Å². The minimum absolute atomic E-state index is 0.210. The Morgan fingerprint density at radius 3 is 2.38 bits per heavy atom. The summed E-state index contributed by atoms with van der Waals surface area (Å²) in [5.74, 6) is 0.537. The number of furan rings is 1. The molecule has 6 nitrogen and oxygen atoms in total. The molecular formula is C30H25F3N4O2. The lowest BCUT2D eigenvalue weighted by Gasteiger charge is -2.18. The second-order valence-corrected chi connectivity index (χ2v) is 9.56. The second kappa shape index (κ2) is 9.95. The predicted molar refractivity (Wildman–Crippen MR) is 142 cm³/mol. The Kier molecular flexibility index (Phi) is 6.64. The third-order valence-corrected chi connectivity index (χ3v) is 6.57. The van der Waals surface area contributed by atoms with Gasteiger partial charge in [0, 0.05) is 5.69 Å². The maximum atomic E-state index is 13.1. The molecule has 0 saturated heterocycles. The van der Waals surface area contributed by atoms with E-state index in [2.05, 4.69) is 23.8 Å². The smallest absolute Gasteiger partial charge is 0.435 e. The Morgan fingerprint density at radius 1 is 1.03 bits per heavy atom. The van der Waals surface area contributed by atoms with Crippen LogP contribution >= 0.6 is 0 Å². The van der Waals surface area contributed by atoms with Crippen molar-refractivity contribution in [2.75, 3.05) is 0 Å². The summed E-state index contributed by atoms with van der Waals surface area (Å²) in [7, 11) is 0. The highest BCUT2D eigenvalue weighted by Gasteiger charge is 2.34. The molecule has 5 rings (SSSR count). The molecule has 9 heteroatoms. The van der Waals surface area contributed by atoms with Crippen LogP contribution in [-0.4, -0.2) is 14.8 Å². The van der Waals surface area contributed by atoms with Crippen molar-refractivity contribution in [1.82, 2.24) is 14.8 Å². The third kappa shape index (κ3) is 4.86. The van der Waals surface area contributed by atoms with Crippen LogP contribution in [-0.2, 0) is 6.18 Å². The summed E-state index contributed by atoms with van der Waals surface area (Å²) in [5.41, 5.74) is 3.84. The standard InChI is InChI=1S/C30H25F3N4O2/c1-17(2)22-8-6-7-9-23(22)26-27(34-5)28-24(14-15-38-28)29(35-26)39-19(4)20-10-12-21(13-11-20)37-18(3)16-25(36-37)30(31,32)33/h6-17,19H,1-4H3/t19-/m0/s1. The van der Waals surface area contributed by atoms with Crippen LogP contribution in [0.4, 0.5) is 18.9 Å². The minimum Gasteiger partial charge on any atom is -0.475 e. The van der Waals surface area contributed by atoms with E-state index in [0.29, 0.717) is 39.6 Å². The molecule has 0 spiro atoms. The zero-order chi connectivity index (χ0) is 27.9. The first-order valence-electron chi connectivity index (χ1n) is 12.4. The number of ether oxygens (including phenoxy) is 1. The van der Waals surface area contributed by atoms with Gasteiger partial charge in [-0.3, -0.25) is 0 Å². The van der Waals surface area contributed by atoms with Crippen molar-refractivity contribution >= 4 is 16.7 Å². The fraction of sp³-hybridized carbons (Fsp3) is 0.233. The van der Waals surface area contributed by atoms with E-state index < -0.39 is 18.0 Å². The van der Waals surface area contributed by atoms with Gasteiger partial charge in [-0.2, -0.15) is 18.3 Å². The molecule has 3 heterocycles. The van der Waals surface area contributed by atoms with Crippen LogP contribution in [0.25, 0.3) is 32.8 Å². The summed E-state index contributed by atoms with van der Waals surface area (Å²) in [6.07, 6.45) is -3.46. The summed E-state index contributed by atoms with van der Waals surface area (Å²) in [4.78, 5) is 8.56. The summed E-state index contributed by atoms with van der Waals surface area (Å²) < 4.78 is 52.5. The maximum Gasteiger partial charge on any atom is 0.435 e. The van der Waals surface area contributed by atoms with Gasteiger partial charge in [0.25, 0.3) is 5.69 Å². The molecule has 2 aromatic carbocycles. The molecule has 1 atom stereocenters. The Hall–Kier alpha value is -4.58. The number of pyridine rings is 1. The van der Waals surface area contributed by atoms with E-state index in [-0.39, 0.29) is 5.92 Å². The second-order valence-electron chi connectivity index (χ2n) is 9.56. The highest BCUT2D eigenvalue weighted by molar-refractivity contribution is 6.00. The minimum atomic E-state index is -4.51. The molecule has 0 unspecified atom stereocenters. The molecule has 0 amide bonds. The SMILES string of the molecule is [C-]#[N+]c1c(-c2ccccc2C(C)C)nc(O[C@@H](C)c2ccc(-n3nc(C(F)(F)F)cc3C)cc2)c2ccoc12. The molecule has 198 valence electrons. The summed E-state index contributed by atoms with van der Waals surface area (Å²) in [5, 5.41) is 4.30. The fourth-order valence-corrected chi connectivity index (χ4v) is 4.58. The average molecular weight is 531 g/mol. The van der Waals surface area contributed by atoms with E-state index in [1.807, 2.05) is 31.2 Å². The molecule has 0 aliphatic rings. The van der Waals surface area contributed by atoms with Gasteiger partial charge in [-0.25, -0.2) is 14.5 Å². The molecule has 0 saturated carbocycles.